The first-order valence-corrected chi connectivity index (χ1v) is 14.7. The molecule has 12 heteroatoms. The van der Waals surface area contributed by atoms with Gasteiger partial charge in [-0.05, 0) is 60.5 Å². The van der Waals surface area contributed by atoms with Crippen LogP contribution in [0.1, 0.15) is 29.0 Å². The fraction of sp³-hybridized carbons (Fsp3) is 0.250. The molecule has 2 aromatic heterocycles. The second kappa shape index (κ2) is 12.5. The van der Waals surface area contributed by atoms with E-state index in [0.29, 0.717) is 22.2 Å². The fourth-order valence-corrected chi connectivity index (χ4v) is 6.45. The largest absolute Gasteiger partial charge is 0.496 e. The summed E-state index contributed by atoms with van der Waals surface area (Å²) < 4.78 is 40.8. The van der Waals surface area contributed by atoms with Gasteiger partial charge in [-0.15, -0.1) is 11.3 Å². The minimum atomic E-state index is -4.30. The molecule has 4 aromatic rings. The van der Waals surface area contributed by atoms with E-state index in [2.05, 4.69) is 9.71 Å². The highest BCUT2D eigenvalue weighted by Crippen LogP contribution is 2.30. The van der Waals surface area contributed by atoms with E-state index in [0.717, 1.165) is 4.88 Å². The van der Waals surface area contributed by atoms with Crippen LogP contribution in [-0.4, -0.2) is 50.4 Å². The molecule has 0 saturated carbocycles. The Morgan fingerprint density at radius 3 is 2.58 bits per heavy atom. The first kappa shape index (κ1) is 29.0. The number of aromatic amines is 1. The van der Waals surface area contributed by atoms with Crippen LogP contribution < -0.4 is 15.0 Å². The molecule has 0 unspecified atom stereocenters. The summed E-state index contributed by atoms with van der Waals surface area (Å²) in [6, 6.07) is 14.6. The van der Waals surface area contributed by atoms with E-state index in [4.69, 9.17) is 9.47 Å². The Kier molecular flexibility index (Phi) is 9.03. The molecule has 0 fully saturated rings. The van der Waals surface area contributed by atoms with Crippen molar-refractivity contribution >= 4 is 44.1 Å². The van der Waals surface area contributed by atoms with Crippen LogP contribution in [0.2, 0.25) is 0 Å². The molecule has 0 aliphatic carbocycles. The Balaban J connectivity index is 1.79. The maximum atomic E-state index is 14.1. The van der Waals surface area contributed by atoms with Crippen LogP contribution in [0.4, 0.5) is 0 Å². The van der Waals surface area contributed by atoms with Gasteiger partial charge in [0.25, 0.3) is 0 Å². The van der Waals surface area contributed by atoms with Gasteiger partial charge in [0.1, 0.15) is 18.3 Å². The Labute approximate surface area is 235 Å². The van der Waals surface area contributed by atoms with Crippen molar-refractivity contribution in [2.24, 2.45) is 0 Å². The van der Waals surface area contributed by atoms with Crippen LogP contribution in [0.5, 0.6) is 5.75 Å². The number of para-hydroxylation sites is 1. The van der Waals surface area contributed by atoms with Gasteiger partial charge in [-0.3, -0.25) is 14.4 Å². The molecular formula is C28H29N3O7S2. The first-order valence-electron chi connectivity index (χ1n) is 12.4. The number of ether oxygens (including phenoxy) is 2. The number of benzene rings is 2. The highest BCUT2D eigenvalue weighted by atomic mass is 32.2. The highest BCUT2D eigenvalue weighted by molar-refractivity contribution is 7.89. The van der Waals surface area contributed by atoms with Crippen molar-refractivity contribution in [1.29, 1.82) is 0 Å². The van der Waals surface area contributed by atoms with Crippen molar-refractivity contribution in [2.45, 2.75) is 31.3 Å². The Hall–Kier alpha value is -4.00. The lowest BCUT2D eigenvalue weighted by molar-refractivity contribution is -0.149. The Morgan fingerprint density at radius 2 is 1.88 bits per heavy atom. The summed E-state index contributed by atoms with van der Waals surface area (Å²) in [5, 5.41) is 2.35. The number of hydrogen-bond donors (Lipinski definition) is 2. The number of esters is 1. The lowest BCUT2D eigenvalue weighted by atomic mass is 10.0. The summed E-state index contributed by atoms with van der Waals surface area (Å²) in [7, 11) is -2.88. The summed E-state index contributed by atoms with van der Waals surface area (Å²) in [5.74, 6) is -0.978. The molecule has 0 bridgehead atoms. The number of nitrogens with zero attached hydrogens (tertiary/aromatic N) is 1. The minimum Gasteiger partial charge on any atom is -0.496 e. The van der Waals surface area contributed by atoms with E-state index in [1.165, 1.54) is 41.5 Å². The van der Waals surface area contributed by atoms with E-state index in [9.17, 15) is 22.8 Å². The molecule has 0 aliphatic heterocycles. The quantitative estimate of drug-likeness (QED) is 0.258. The van der Waals surface area contributed by atoms with E-state index in [1.807, 2.05) is 17.5 Å². The molecule has 0 aliphatic rings. The van der Waals surface area contributed by atoms with Crippen LogP contribution in [0, 0.1) is 6.92 Å². The molecule has 40 heavy (non-hydrogen) atoms. The smallest absolute Gasteiger partial charge is 0.325 e. The Bertz CT molecular complexity index is 1680. The molecular weight excluding hydrogens is 554 g/mol. The van der Waals surface area contributed by atoms with Gasteiger partial charge in [-0.25, -0.2) is 8.42 Å². The molecule has 0 spiro atoms. The van der Waals surface area contributed by atoms with Gasteiger partial charge in [0.2, 0.25) is 21.5 Å². The number of thiophene rings is 1. The minimum absolute atomic E-state index is 0.0602. The van der Waals surface area contributed by atoms with Gasteiger partial charge in [0.15, 0.2) is 0 Å². The monoisotopic (exact) mass is 583 g/mol. The number of hydrogen-bond acceptors (Lipinski definition) is 8. The number of rotatable bonds is 11. The Morgan fingerprint density at radius 1 is 1.10 bits per heavy atom. The number of pyridine rings is 1. The van der Waals surface area contributed by atoms with Crippen molar-refractivity contribution in [3.8, 4) is 5.75 Å². The zero-order chi connectivity index (χ0) is 28.9. The first-order chi connectivity index (χ1) is 19.1. The predicted molar refractivity (Wildman–Crippen MR) is 152 cm³/mol. The van der Waals surface area contributed by atoms with Crippen LogP contribution in [0.3, 0.4) is 0 Å². The third kappa shape index (κ3) is 6.58. The lowest BCUT2D eigenvalue weighted by Crippen LogP contribution is -2.45. The summed E-state index contributed by atoms with van der Waals surface area (Å²) in [4.78, 5) is 43.0. The van der Waals surface area contributed by atoms with Crippen molar-refractivity contribution in [3.05, 3.63) is 92.4 Å². The van der Waals surface area contributed by atoms with E-state index >= 15 is 0 Å². The number of aryl methyl sites for hydroxylation is 1. The van der Waals surface area contributed by atoms with Gasteiger partial charge in [-0.2, -0.15) is 4.72 Å². The van der Waals surface area contributed by atoms with E-state index in [-0.39, 0.29) is 35.7 Å². The number of fused-ring (bicyclic) bond motifs is 1. The van der Waals surface area contributed by atoms with Gasteiger partial charge in [0, 0.05) is 22.0 Å². The van der Waals surface area contributed by atoms with Gasteiger partial charge >= 0.3 is 5.97 Å². The van der Waals surface area contributed by atoms with Crippen molar-refractivity contribution in [1.82, 2.24) is 14.6 Å². The summed E-state index contributed by atoms with van der Waals surface area (Å²) in [5.41, 5.74) is 0.823. The van der Waals surface area contributed by atoms with E-state index < -0.39 is 27.9 Å². The number of carbonyl (C=O) groups is 2. The summed E-state index contributed by atoms with van der Waals surface area (Å²) in [6.07, 6.45) is 0. The highest BCUT2D eigenvalue weighted by Gasteiger charge is 2.34. The number of carbonyl (C=O) groups excluding carboxylic acids is 2. The summed E-state index contributed by atoms with van der Waals surface area (Å²) >= 11 is 1.40. The molecule has 2 heterocycles. The normalized spacial score (nSPS) is 12.2. The van der Waals surface area contributed by atoms with Crippen molar-refractivity contribution in [3.63, 3.8) is 0 Å². The van der Waals surface area contributed by atoms with Crippen LogP contribution >= 0.6 is 11.3 Å². The number of nitrogens with one attached hydrogen (secondary N) is 2. The molecule has 1 atom stereocenters. The van der Waals surface area contributed by atoms with Crippen LogP contribution in [0.25, 0.3) is 10.9 Å². The zero-order valence-electron chi connectivity index (χ0n) is 22.2. The molecule has 210 valence electrons. The fourth-order valence-electron chi connectivity index (χ4n) is 4.30. The number of sulfonamides is 1. The molecule has 2 N–H and O–H groups in total. The SMILES string of the molecule is CCOC(=O)CN(Cc1cccs1)C(=O)[C@H](NS(=O)(=O)c1cc2ccc(=O)[nH]c2cc1C)c1ccccc1OC. The van der Waals surface area contributed by atoms with Gasteiger partial charge < -0.3 is 19.4 Å². The molecule has 1 amide bonds. The standard InChI is InChI=1S/C28H29N3O7S2/c1-4-38-26(33)17-31(16-20-8-7-13-39-20)28(34)27(21-9-5-6-10-23(21)37-3)30-40(35,36)24-15-19-11-12-25(32)29-22(19)14-18(24)2/h5-15,27,30H,4,16-17H2,1-3H3,(H,29,32)/t27-/m1/s1. The lowest BCUT2D eigenvalue weighted by Gasteiger charge is -2.28. The average molecular weight is 584 g/mol. The maximum Gasteiger partial charge on any atom is 0.325 e. The van der Waals surface area contributed by atoms with Crippen LogP contribution in [0.15, 0.2) is 75.7 Å². The second-order valence-electron chi connectivity index (χ2n) is 8.90. The molecule has 2 aromatic carbocycles. The number of methoxy groups -OCH3 is 1. The summed E-state index contributed by atoms with van der Waals surface area (Å²) in [6.45, 7) is 3.10. The van der Waals surface area contributed by atoms with Crippen LogP contribution in [-0.2, 0) is 30.9 Å². The van der Waals surface area contributed by atoms with Gasteiger partial charge in [0.05, 0.1) is 25.2 Å². The van der Waals surface area contributed by atoms with Gasteiger partial charge in [-0.1, -0.05) is 24.3 Å². The number of aromatic nitrogens is 1. The van der Waals surface area contributed by atoms with E-state index in [1.54, 1.807) is 44.2 Å². The molecule has 4 rings (SSSR count). The zero-order valence-corrected chi connectivity index (χ0v) is 23.8. The molecule has 10 nitrogen and oxygen atoms in total. The second-order valence-corrected chi connectivity index (χ2v) is 11.6. The maximum absolute atomic E-state index is 14.1. The predicted octanol–water partition coefficient (Wildman–Crippen LogP) is 3.52. The molecule has 0 radical (unpaired) electrons. The number of H-pyrrole nitrogens is 1. The third-order valence-corrected chi connectivity index (χ3v) is 8.57. The number of amides is 1. The molecule has 0 saturated heterocycles. The third-order valence-electron chi connectivity index (χ3n) is 6.14. The topological polar surface area (TPSA) is 135 Å². The van der Waals surface area contributed by atoms with Crippen molar-refractivity contribution < 1.29 is 27.5 Å². The van der Waals surface area contributed by atoms with Crippen molar-refractivity contribution in [2.75, 3.05) is 20.3 Å². The average Bonchev–Trinajstić information content (AvgIpc) is 3.44.